The topological polar surface area (TPSA) is 98.8 Å². The lowest BCUT2D eigenvalue weighted by atomic mass is 10.1. The van der Waals surface area contributed by atoms with Crippen molar-refractivity contribution in [2.45, 2.75) is 12.5 Å². The summed E-state index contributed by atoms with van der Waals surface area (Å²) in [6.45, 7) is 0.563. The van der Waals surface area contributed by atoms with Gasteiger partial charge in [-0.25, -0.2) is 9.97 Å². The lowest BCUT2D eigenvalue weighted by molar-refractivity contribution is 0.415. The summed E-state index contributed by atoms with van der Waals surface area (Å²) < 4.78 is 5.43. The third kappa shape index (κ3) is 5.10. The van der Waals surface area contributed by atoms with Crippen LogP contribution in [0.2, 0.25) is 0 Å². The summed E-state index contributed by atoms with van der Waals surface area (Å²) >= 11 is 0. The molecule has 0 aliphatic rings. The van der Waals surface area contributed by atoms with E-state index in [2.05, 4.69) is 27.4 Å². The highest BCUT2D eigenvalue weighted by Crippen LogP contribution is 2.32. The largest absolute Gasteiger partial charge is 0.497 e. The van der Waals surface area contributed by atoms with Gasteiger partial charge in [-0.2, -0.15) is 0 Å². The number of hydrogen-bond donors (Lipinski definition) is 2. The van der Waals surface area contributed by atoms with Crippen LogP contribution in [0.15, 0.2) is 91.4 Å². The van der Waals surface area contributed by atoms with Gasteiger partial charge in [-0.05, 0) is 42.3 Å². The number of benzene rings is 2. The molecule has 0 saturated carbocycles. The van der Waals surface area contributed by atoms with Gasteiger partial charge in [0.05, 0.1) is 12.8 Å². The number of anilines is 1. The summed E-state index contributed by atoms with van der Waals surface area (Å²) in [5, 5.41) is 4.35. The summed E-state index contributed by atoms with van der Waals surface area (Å²) in [6, 6.07) is 23.7. The van der Waals surface area contributed by atoms with E-state index in [9.17, 15) is 0 Å². The van der Waals surface area contributed by atoms with Crippen molar-refractivity contribution in [2.24, 2.45) is 5.73 Å². The number of nitrogens with zero attached hydrogens (tertiary/aromatic N) is 4. The van der Waals surface area contributed by atoms with E-state index in [0.29, 0.717) is 12.4 Å². The van der Waals surface area contributed by atoms with Gasteiger partial charge in [0, 0.05) is 47.7 Å². The number of rotatable bonds is 8. The van der Waals surface area contributed by atoms with Crippen LogP contribution in [0.1, 0.15) is 5.56 Å². The molecule has 7 nitrogen and oxygen atoms in total. The second-order valence-electron chi connectivity index (χ2n) is 8.25. The maximum Gasteiger partial charge on any atom is 0.162 e. The van der Waals surface area contributed by atoms with Gasteiger partial charge in [-0.1, -0.05) is 42.5 Å². The van der Waals surface area contributed by atoms with E-state index in [-0.39, 0.29) is 6.04 Å². The van der Waals surface area contributed by atoms with E-state index in [1.54, 1.807) is 25.7 Å². The van der Waals surface area contributed by atoms with Gasteiger partial charge in [0.1, 0.15) is 17.1 Å². The SMILES string of the molecule is COc1cccc(-c2nccc3c(NC[C@H](N)Cc4ccccc4)nc(-c4ccncc4)nc23)c1. The maximum absolute atomic E-state index is 6.46. The van der Waals surface area contributed by atoms with Crippen LogP contribution >= 0.6 is 0 Å². The molecule has 0 saturated heterocycles. The molecule has 0 radical (unpaired) electrons. The fraction of sp³-hybridized carbons (Fsp3) is 0.143. The van der Waals surface area contributed by atoms with E-state index < -0.39 is 0 Å². The zero-order chi connectivity index (χ0) is 24.0. The number of fused-ring (bicyclic) bond motifs is 1. The van der Waals surface area contributed by atoms with Gasteiger partial charge in [-0.3, -0.25) is 9.97 Å². The minimum Gasteiger partial charge on any atom is -0.497 e. The van der Waals surface area contributed by atoms with Gasteiger partial charge in [0.2, 0.25) is 0 Å². The molecule has 174 valence electrons. The van der Waals surface area contributed by atoms with Crippen LogP contribution in [0, 0.1) is 0 Å². The molecule has 3 heterocycles. The van der Waals surface area contributed by atoms with E-state index in [0.717, 1.165) is 45.7 Å². The van der Waals surface area contributed by atoms with Gasteiger partial charge in [-0.15, -0.1) is 0 Å². The van der Waals surface area contributed by atoms with Crippen LogP contribution in [-0.2, 0) is 6.42 Å². The monoisotopic (exact) mass is 462 g/mol. The van der Waals surface area contributed by atoms with E-state index in [4.69, 9.17) is 20.4 Å². The van der Waals surface area contributed by atoms with Crippen LogP contribution in [0.3, 0.4) is 0 Å². The van der Waals surface area contributed by atoms with Crippen molar-refractivity contribution in [3.8, 4) is 28.4 Å². The van der Waals surface area contributed by atoms with E-state index >= 15 is 0 Å². The van der Waals surface area contributed by atoms with Crippen molar-refractivity contribution >= 4 is 16.7 Å². The zero-order valence-corrected chi connectivity index (χ0v) is 19.4. The average molecular weight is 463 g/mol. The number of pyridine rings is 2. The number of nitrogens with one attached hydrogen (secondary N) is 1. The van der Waals surface area contributed by atoms with Crippen molar-refractivity contribution in [3.63, 3.8) is 0 Å². The van der Waals surface area contributed by atoms with Crippen LogP contribution < -0.4 is 15.8 Å². The van der Waals surface area contributed by atoms with E-state index in [1.807, 2.05) is 60.7 Å². The molecule has 3 aromatic heterocycles. The molecule has 1 atom stereocenters. The van der Waals surface area contributed by atoms with Crippen molar-refractivity contribution in [2.75, 3.05) is 19.0 Å². The average Bonchev–Trinajstić information content (AvgIpc) is 2.92. The number of hydrogen-bond acceptors (Lipinski definition) is 7. The first-order chi connectivity index (χ1) is 17.2. The maximum atomic E-state index is 6.46. The molecule has 0 unspecified atom stereocenters. The first-order valence-electron chi connectivity index (χ1n) is 11.5. The summed E-state index contributed by atoms with van der Waals surface area (Å²) in [4.78, 5) is 18.6. The molecule has 0 fully saturated rings. The van der Waals surface area contributed by atoms with Crippen molar-refractivity contribution in [1.82, 2.24) is 19.9 Å². The highest BCUT2D eigenvalue weighted by Gasteiger charge is 2.16. The molecule has 2 aromatic carbocycles. The Kier molecular flexibility index (Phi) is 6.59. The van der Waals surface area contributed by atoms with Crippen molar-refractivity contribution < 1.29 is 4.74 Å². The Bertz CT molecular complexity index is 1430. The van der Waals surface area contributed by atoms with Crippen LogP contribution in [0.5, 0.6) is 5.75 Å². The third-order valence-corrected chi connectivity index (χ3v) is 5.77. The molecular weight excluding hydrogens is 436 g/mol. The summed E-state index contributed by atoms with van der Waals surface area (Å²) in [5.74, 6) is 2.07. The Morgan fingerprint density at radius 2 is 1.71 bits per heavy atom. The Balaban J connectivity index is 1.55. The first kappa shape index (κ1) is 22.4. The highest BCUT2D eigenvalue weighted by atomic mass is 16.5. The van der Waals surface area contributed by atoms with Crippen LogP contribution in [0.4, 0.5) is 5.82 Å². The van der Waals surface area contributed by atoms with Gasteiger partial charge in [0.15, 0.2) is 5.82 Å². The van der Waals surface area contributed by atoms with Crippen molar-refractivity contribution in [3.05, 3.63) is 97.0 Å². The smallest absolute Gasteiger partial charge is 0.162 e. The molecule has 0 aliphatic carbocycles. The Hall–Kier alpha value is -4.36. The van der Waals surface area contributed by atoms with Crippen LogP contribution in [-0.4, -0.2) is 39.6 Å². The predicted octanol–water partition coefficient (Wildman–Crippen LogP) is 4.74. The minimum absolute atomic E-state index is 0.0773. The predicted molar refractivity (Wildman–Crippen MR) is 139 cm³/mol. The molecule has 35 heavy (non-hydrogen) atoms. The fourth-order valence-corrected chi connectivity index (χ4v) is 4.02. The molecule has 3 N–H and O–H groups in total. The van der Waals surface area contributed by atoms with Gasteiger partial charge >= 0.3 is 0 Å². The first-order valence-corrected chi connectivity index (χ1v) is 11.5. The molecule has 0 spiro atoms. The second kappa shape index (κ2) is 10.3. The molecule has 0 bridgehead atoms. The molecule has 0 aliphatic heterocycles. The summed E-state index contributed by atoms with van der Waals surface area (Å²) in [5.41, 5.74) is 11.0. The Morgan fingerprint density at radius 3 is 2.51 bits per heavy atom. The van der Waals surface area contributed by atoms with Gasteiger partial charge < -0.3 is 15.8 Å². The van der Waals surface area contributed by atoms with Gasteiger partial charge in [0.25, 0.3) is 0 Å². The van der Waals surface area contributed by atoms with E-state index in [1.165, 1.54) is 5.56 Å². The standard InChI is InChI=1S/C28H26N6O/c1-35-23-9-5-8-21(17-23)25-26-24(12-15-31-25)28(34-27(33-26)20-10-13-30-14-11-20)32-18-22(29)16-19-6-3-2-4-7-19/h2-15,17,22H,16,18,29H2,1H3,(H,32,33,34)/t22-/m1/s1. The summed E-state index contributed by atoms with van der Waals surface area (Å²) in [6.07, 6.45) is 6.02. The lowest BCUT2D eigenvalue weighted by Crippen LogP contribution is -2.31. The molecule has 7 heteroatoms. The molecule has 0 amide bonds. The number of methoxy groups -OCH3 is 1. The summed E-state index contributed by atoms with van der Waals surface area (Å²) in [7, 11) is 1.65. The molecule has 5 rings (SSSR count). The number of ether oxygens (including phenoxy) is 1. The van der Waals surface area contributed by atoms with Crippen LogP contribution in [0.25, 0.3) is 33.5 Å². The van der Waals surface area contributed by atoms with Crippen molar-refractivity contribution in [1.29, 1.82) is 0 Å². The molecule has 5 aromatic rings. The normalized spacial score (nSPS) is 11.8. The zero-order valence-electron chi connectivity index (χ0n) is 19.4. The fourth-order valence-electron chi connectivity index (χ4n) is 4.02. The minimum atomic E-state index is -0.0773. The lowest BCUT2D eigenvalue weighted by Gasteiger charge is -2.16. The number of nitrogens with two attached hydrogens (primary N) is 1. The second-order valence-corrected chi connectivity index (χ2v) is 8.25. The third-order valence-electron chi connectivity index (χ3n) is 5.77. The highest BCUT2D eigenvalue weighted by molar-refractivity contribution is 5.98. The molecular formula is C28H26N6O. The number of aromatic nitrogens is 4. The Morgan fingerprint density at radius 1 is 0.886 bits per heavy atom. The quantitative estimate of drug-likeness (QED) is 0.343. The Labute approximate surface area is 204 Å².